The number of rotatable bonds is 4. The summed E-state index contributed by atoms with van der Waals surface area (Å²) in [4.78, 5) is 8.69. The number of ether oxygens (including phenoxy) is 1. The highest BCUT2D eigenvalue weighted by Crippen LogP contribution is 2.34. The lowest BCUT2D eigenvalue weighted by molar-refractivity contribution is -0.142. The fourth-order valence-electron chi connectivity index (χ4n) is 3.15. The molecule has 0 aliphatic heterocycles. The Morgan fingerprint density at radius 1 is 1.14 bits per heavy atom. The summed E-state index contributed by atoms with van der Waals surface area (Å²) < 4.78 is 45.0. The molecule has 0 spiro atoms. The van der Waals surface area contributed by atoms with Gasteiger partial charge in [-0.25, -0.2) is 4.98 Å². The van der Waals surface area contributed by atoms with Gasteiger partial charge in [0.1, 0.15) is 12.3 Å². The predicted molar refractivity (Wildman–Crippen MR) is 99.1 cm³/mol. The van der Waals surface area contributed by atoms with Crippen molar-refractivity contribution in [1.29, 1.82) is 0 Å². The number of aromatic nitrogens is 5. The third kappa shape index (κ3) is 3.60. The van der Waals surface area contributed by atoms with Crippen LogP contribution in [-0.4, -0.2) is 42.7 Å². The van der Waals surface area contributed by atoms with Crippen molar-refractivity contribution in [3.63, 3.8) is 0 Å². The van der Waals surface area contributed by atoms with Gasteiger partial charge in [0.15, 0.2) is 0 Å². The van der Waals surface area contributed by atoms with Gasteiger partial charge in [-0.1, -0.05) is 0 Å². The first kappa shape index (κ1) is 18.8. The zero-order valence-electron chi connectivity index (χ0n) is 15.5. The molecule has 0 aromatic carbocycles. The molecular weight excluding hydrogens is 387 g/mol. The number of fused-ring (bicyclic) bond motifs is 1. The maximum absolute atomic E-state index is 12.6. The molecular formula is C19H16F3N5O2. The molecule has 0 unspecified atom stereocenters. The quantitative estimate of drug-likeness (QED) is 0.560. The Morgan fingerprint density at radius 2 is 1.93 bits per heavy atom. The molecule has 4 aromatic heterocycles. The van der Waals surface area contributed by atoms with Gasteiger partial charge in [-0.05, 0) is 24.6 Å². The molecule has 0 radical (unpaired) electrons. The van der Waals surface area contributed by atoms with Crippen LogP contribution in [0.3, 0.4) is 0 Å². The van der Waals surface area contributed by atoms with Gasteiger partial charge >= 0.3 is 6.18 Å². The van der Waals surface area contributed by atoms with Gasteiger partial charge < -0.3 is 9.84 Å². The largest absolute Gasteiger partial charge is 0.495 e. The van der Waals surface area contributed by atoms with Crippen LogP contribution in [0.5, 0.6) is 11.6 Å². The van der Waals surface area contributed by atoms with Crippen LogP contribution < -0.4 is 4.74 Å². The van der Waals surface area contributed by atoms with E-state index in [-0.39, 0.29) is 5.88 Å². The minimum Gasteiger partial charge on any atom is -0.495 e. The first-order valence-electron chi connectivity index (χ1n) is 8.56. The first-order chi connectivity index (χ1) is 13.7. The van der Waals surface area contributed by atoms with Crippen LogP contribution in [-0.2, 0) is 6.54 Å². The maximum atomic E-state index is 12.6. The zero-order valence-corrected chi connectivity index (χ0v) is 15.5. The summed E-state index contributed by atoms with van der Waals surface area (Å²) in [6, 6.07) is 3.59. The van der Waals surface area contributed by atoms with E-state index in [1.54, 1.807) is 37.8 Å². The van der Waals surface area contributed by atoms with Gasteiger partial charge in [-0.2, -0.15) is 18.3 Å². The van der Waals surface area contributed by atoms with Crippen molar-refractivity contribution < 1.29 is 23.0 Å². The number of alkyl halides is 3. The average molecular weight is 403 g/mol. The molecule has 0 aliphatic carbocycles. The Hall–Kier alpha value is -3.56. The molecule has 0 atom stereocenters. The van der Waals surface area contributed by atoms with Gasteiger partial charge in [0.25, 0.3) is 0 Å². The molecule has 7 nitrogen and oxygen atoms in total. The van der Waals surface area contributed by atoms with Gasteiger partial charge in [0.2, 0.25) is 5.88 Å². The fraction of sp³-hybridized carbons (Fsp3) is 0.211. The van der Waals surface area contributed by atoms with Crippen LogP contribution in [0, 0.1) is 6.92 Å². The van der Waals surface area contributed by atoms with Crippen molar-refractivity contribution >= 4 is 10.9 Å². The number of methoxy groups -OCH3 is 1. The van der Waals surface area contributed by atoms with Crippen LogP contribution in [0.25, 0.3) is 27.8 Å². The fourth-order valence-corrected chi connectivity index (χ4v) is 3.15. The van der Waals surface area contributed by atoms with Crippen molar-refractivity contribution in [1.82, 2.24) is 24.3 Å². The zero-order chi connectivity index (χ0) is 20.8. The number of nitrogens with zero attached hydrogens (tertiary/aromatic N) is 5. The highest BCUT2D eigenvalue weighted by molar-refractivity contribution is 5.90. The molecule has 29 heavy (non-hydrogen) atoms. The van der Waals surface area contributed by atoms with Crippen molar-refractivity contribution in [3.8, 4) is 28.6 Å². The van der Waals surface area contributed by atoms with E-state index >= 15 is 0 Å². The van der Waals surface area contributed by atoms with Crippen molar-refractivity contribution in [2.75, 3.05) is 7.11 Å². The van der Waals surface area contributed by atoms with Gasteiger partial charge in [-0.3, -0.25) is 14.2 Å². The lowest BCUT2D eigenvalue weighted by atomic mass is 10.1. The summed E-state index contributed by atoms with van der Waals surface area (Å²) in [6.45, 7) is 0.608. The monoisotopic (exact) mass is 403 g/mol. The lowest BCUT2D eigenvalue weighted by Crippen LogP contribution is -2.17. The third-order valence-electron chi connectivity index (χ3n) is 4.43. The Bertz CT molecular complexity index is 1200. The number of hydrogen-bond acceptors (Lipinski definition) is 5. The molecule has 0 saturated carbocycles. The van der Waals surface area contributed by atoms with E-state index in [1.807, 2.05) is 6.92 Å². The molecule has 150 valence electrons. The number of aromatic hydroxyl groups is 1. The van der Waals surface area contributed by atoms with Crippen LogP contribution in [0.15, 0.2) is 43.1 Å². The molecule has 0 saturated heterocycles. The van der Waals surface area contributed by atoms with Crippen LogP contribution in [0.4, 0.5) is 13.2 Å². The average Bonchev–Trinajstić information content (AvgIpc) is 3.24. The molecule has 4 heterocycles. The number of aryl methyl sites for hydroxylation is 1. The summed E-state index contributed by atoms with van der Waals surface area (Å²) in [7, 11) is 1.54. The van der Waals surface area contributed by atoms with Gasteiger partial charge in [0.05, 0.1) is 41.8 Å². The normalized spacial score (nSPS) is 11.9. The van der Waals surface area contributed by atoms with Crippen LogP contribution in [0.1, 0.15) is 5.56 Å². The van der Waals surface area contributed by atoms with E-state index < -0.39 is 12.7 Å². The van der Waals surface area contributed by atoms with Crippen LogP contribution >= 0.6 is 0 Å². The second-order valence-corrected chi connectivity index (χ2v) is 6.53. The highest BCUT2D eigenvalue weighted by Gasteiger charge is 2.28. The molecule has 0 fully saturated rings. The SMILES string of the molecule is COc1cncc(-c2cc(C)c3c(O)n(-c4cnn(CC(F)(F)F)c4)cc3n2)c1. The summed E-state index contributed by atoms with van der Waals surface area (Å²) in [5.74, 6) is 0.464. The summed E-state index contributed by atoms with van der Waals surface area (Å²) in [5.41, 5.74) is 2.91. The highest BCUT2D eigenvalue weighted by atomic mass is 19.4. The number of hydrogen-bond donors (Lipinski definition) is 1. The number of pyridine rings is 2. The first-order valence-corrected chi connectivity index (χ1v) is 8.56. The van der Waals surface area contributed by atoms with Gasteiger partial charge in [0, 0.05) is 24.2 Å². The van der Waals surface area contributed by atoms with E-state index in [0.717, 1.165) is 15.8 Å². The Balaban J connectivity index is 1.78. The Kier molecular flexibility index (Phi) is 4.40. The minimum atomic E-state index is -4.38. The Labute approximate surface area is 163 Å². The molecule has 0 aliphatic rings. The predicted octanol–water partition coefficient (Wildman–Crippen LogP) is 3.87. The van der Waals surface area contributed by atoms with Crippen LogP contribution in [0.2, 0.25) is 0 Å². The molecule has 4 rings (SSSR count). The smallest absolute Gasteiger partial charge is 0.408 e. The van der Waals surface area contributed by atoms with Crippen molar-refractivity contribution in [2.24, 2.45) is 0 Å². The second-order valence-electron chi connectivity index (χ2n) is 6.53. The van der Waals surface area contributed by atoms with Crippen molar-refractivity contribution in [3.05, 3.63) is 48.7 Å². The lowest BCUT2D eigenvalue weighted by Gasteiger charge is -2.06. The third-order valence-corrected chi connectivity index (χ3v) is 4.43. The topological polar surface area (TPSA) is 78.0 Å². The molecule has 4 aromatic rings. The summed E-state index contributed by atoms with van der Waals surface area (Å²) in [5, 5.41) is 14.9. The second kappa shape index (κ2) is 6.80. The van der Waals surface area contributed by atoms with E-state index in [1.165, 1.54) is 17.0 Å². The molecule has 10 heteroatoms. The molecule has 1 N–H and O–H groups in total. The maximum Gasteiger partial charge on any atom is 0.408 e. The number of halogens is 3. The van der Waals surface area contributed by atoms with E-state index in [0.29, 0.717) is 28.0 Å². The van der Waals surface area contributed by atoms with E-state index in [4.69, 9.17) is 4.74 Å². The Morgan fingerprint density at radius 3 is 2.66 bits per heavy atom. The molecule has 0 bridgehead atoms. The summed E-state index contributed by atoms with van der Waals surface area (Å²) in [6.07, 6.45) is 2.87. The molecule has 0 amide bonds. The van der Waals surface area contributed by atoms with E-state index in [2.05, 4.69) is 15.1 Å². The van der Waals surface area contributed by atoms with E-state index in [9.17, 15) is 18.3 Å². The standard InChI is InChI=1S/C19H16F3N5O2/c1-11-3-15(12-4-14(29-2)7-23-5-12)25-16-9-27(18(28)17(11)16)13-6-24-26(8-13)10-19(20,21)22/h3-9,28H,10H2,1-2H3. The van der Waals surface area contributed by atoms with Gasteiger partial charge in [-0.15, -0.1) is 0 Å². The minimum absolute atomic E-state index is 0.119. The van der Waals surface area contributed by atoms with Crippen molar-refractivity contribution in [2.45, 2.75) is 19.6 Å². The summed E-state index contributed by atoms with van der Waals surface area (Å²) >= 11 is 0.